The van der Waals surface area contributed by atoms with Gasteiger partial charge in [0.1, 0.15) is 23.6 Å². The Morgan fingerprint density at radius 3 is 2.51 bits per heavy atom. The minimum atomic E-state index is -0.324. The van der Waals surface area contributed by atoms with E-state index in [2.05, 4.69) is 31.7 Å². The van der Waals surface area contributed by atoms with Crippen LogP contribution in [0, 0.1) is 11.3 Å². The molecule has 47 heavy (non-hydrogen) atoms. The molecule has 1 saturated heterocycles. The molecule has 0 amide bonds. The average molecular weight is 650 g/mol. The van der Waals surface area contributed by atoms with Gasteiger partial charge in [0.15, 0.2) is 0 Å². The van der Waals surface area contributed by atoms with Crippen LogP contribution >= 0.6 is 0 Å². The lowest BCUT2D eigenvalue weighted by atomic mass is 9.96. The molecule has 1 atom stereocenters. The Hall–Kier alpha value is -4.25. The number of rotatable bonds is 14. The predicted molar refractivity (Wildman–Crippen MR) is 185 cm³/mol. The molecular formula is C34H51N9O4. The highest BCUT2D eigenvalue weighted by atomic mass is 16.5. The van der Waals surface area contributed by atoms with Gasteiger partial charge in [-0.15, -0.1) is 0 Å². The number of nitrogens with two attached hydrogens (primary N) is 2. The fourth-order valence-electron chi connectivity index (χ4n) is 4.69. The monoisotopic (exact) mass is 649 g/mol. The Morgan fingerprint density at radius 1 is 1.19 bits per heavy atom. The summed E-state index contributed by atoms with van der Waals surface area (Å²) in [6.07, 6.45) is 12.5. The number of allylic oxidation sites excluding steroid dienone is 1. The third-order valence-electron chi connectivity index (χ3n) is 7.75. The molecule has 2 aromatic rings. The Kier molecular flexibility index (Phi) is 15.9. The van der Waals surface area contributed by atoms with Crippen LogP contribution in [0.3, 0.4) is 0 Å². The van der Waals surface area contributed by atoms with Gasteiger partial charge in [-0.1, -0.05) is 25.3 Å². The minimum absolute atomic E-state index is 0.214. The number of ether oxygens (including phenoxy) is 4. The van der Waals surface area contributed by atoms with Crippen molar-refractivity contribution in [3.63, 3.8) is 0 Å². The summed E-state index contributed by atoms with van der Waals surface area (Å²) < 4.78 is 22.3. The van der Waals surface area contributed by atoms with Crippen molar-refractivity contribution in [2.45, 2.75) is 77.0 Å². The summed E-state index contributed by atoms with van der Waals surface area (Å²) in [5, 5.41) is 15.8. The van der Waals surface area contributed by atoms with E-state index in [0.29, 0.717) is 42.5 Å². The summed E-state index contributed by atoms with van der Waals surface area (Å²) in [5.74, 6) is 1.02. The van der Waals surface area contributed by atoms with E-state index in [1.165, 1.54) is 25.6 Å². The summed E-state index contributed by atoms with van der Waals surface area (Å²) in [5.41, 5.74) is 13.8. The standard InChI is InChI=1S/C30H42N8O3.C4H9NO/c1-21(16-34-20-32)41-27-14-22(10-11-23(27)15-31)24-17-36-29(37-18-24)38-26(19-35-25-8-6-5-7-9-25)28(33)40-13-12-30(2,3)39-4;1-3-6-4-2-5-1/h10-11,14,17-21,25H,5-9,12-13,16,33H2,1-4H3,(H2,32,34)(H,36,37,38);5H,1-4H2/b28-26-,35-19?;/t21-;/m0./s1. The van der Waals surface area contributed by atoms with Crippen LogP contribution in [0.15, 0.2) is 52.2 Å². The summed E-state index contributed by atoms with van der Waals surface area (Å²) in [7, 11) is 1.68. The quantitative estimate of drug-likeness (QED) is 0.131. The first kappa shape index (κ1) is 37.2. The van der Waals surface area contributed by atoms with Crippen LogP contribution in [-0.4, -0.2) is 86.8 Å². The number of nitriles is 1. The van der Waals surface area contributed by atoms with Crippen molar-refractivity contribution in [1.29, 1.82) is 5.26 Å². The first-order valence-electron chi connectivity index (χ1n) is 16.2. The second-order valence-corrected chi connectivity index (χ2v) is 12.0. The molecule has 1 aliphatic carbocycles. The third kappa shape index (κ3) is 13.6. The number of aromatic nitrogens is 2. The van der Waals surface area contributed by atoms with Crippen LogP contribution in [0.25, 0.3) is 11.1 Å². The van der Waals surface area contributed by atoms with E-state index in [1.54, 1.807) is 37.9 Å². The Bertz CT molecular complexity index is 1330. The van der Waals surface area contributed by atoms with Crippen LogP contribution < -0.4 is 26.8 Å². The van der Waals surface area contributed by atoms with Crippen molar-refractivity contribution < 1.29 is 18.9 Å². The Balaban J connectivity index is 0.000000896. The number of benzene rings is 1. The van der Waals surface area contributed by atoms with Gasteiger partial charge in [-0.2, -0.15) is 5.26 Å². The number of nitrogens with zero attached hydrogens (tertiary/aromatic N) is 5. The molecule has 0 radical (unpaired) electrons. The van der Waals surface area contributed by atoms with E-state index in [1.807, 2.05) is 26.8 Å². The van der Waals surface area contributed by atoms with Crippen molar-refractivity contribution in [3.05, 3.63) is 47.7 Å². The fraction of sp³-hybridized carbons (Fsp3) is 0.559. The van der Waals surface area contributed by atoms with Gasteiger partial charge in [-0.3, -0.25) is 9.98 Å². The highest BCUT2D eigenvalue weighted by molar-refractivity contribution is 5.83. The molecule has 0 bridgehead atoms. The second kappa shape index (κ2) is 20.1. The maximum atomic E-state index is 9.51. The van der Waals surface area contributed by atoms with Gasteiger partial charge in [0.25, 0.3) is 0 Å². The van der Waals surface area contributed by atoms with Crippen LogP contribution in [0.5, 0.6) is 5.75 Å². The molecule has 2 heterocycles. The number of nitrogens with one attached hydrogen (secondary N) is 2. The van der Waals surface area contributed by atoms with Crippen LogP contribution in [0.1, 0.15) is 64.9 Å². The molecular weight excluding hydrogens is 598 g/mol. The van der Waals surface area contributed by atoms with Crippen molar-refractivity contribution in [2.24, 2.45) is 21.5 Å². The van der Waals surface area contributed by atoms with Crippen LogP contribution in [0.2, 0.25) is 0 Å². The van der Waals surface area contributed by atoms with Crippen molar-refractivity contribution >= 4 is 18.5 Å². The summed E-state index contributed by atoms with van der Waals surface area (Å²) in [4.78, 5) is 17.7. The Labute approximate surface area is 278 Å². The molecule has 1 aromatic carbocycles. The summed E-state index contributed by atoms with van der Waals surface area (Å²) in [6, 6.07) is 7.76. The van der Waals surface area contributed by atoms with Gasteiger partial charge >= 0.3 is 0 Å². The van der Waals surface area contributed by atoms with E-state index in [9.17, 15) is 5.26 Å². The SMILES string of the molecule is C1COCCN1.COC(C)(C)CCO/C(N)=C(/C=NC1CCCCC1)Nc1ncc(-c2ccc(C#N)c(O[C@@H](C)CN=CN)c2)cn1. The predicted octanol–water partition coefficient (Wildman–Crippen LogP) is 4.15. The Morgan fingerprint density at radius 2 is 1.91 bits per heavy atom. The number of hydrogen-bond donors (Lipinski definition) is 4. The topological polar surface area (TPSA) is 187 Å². The molecule has 2 fully saturated rings. The molecule has 1 aliphatic heterocycles. The first-order chi connectivity index (χ1) is 22.7. The van der Waals surface area contributed by atoms with E-state index in [4.69, 9.17) is 35.4 Å². The van der Waals surface area contributed by atoms with E-state index in [0.717, 1.165) is 50.3 Å². The van der Waals surface area contributed by atoms with E-state index >= 15 is 0 Å². The molecule has 13 nitrogen and oxygen atoms in total. The number of methoxy groups -OCH3 is 1. The molecule has 13 heteroatoms. The molecule has 256 valence electrons. The van der Waals surface area contributed by atoms with Gasteiger partial charge in [-0.25, -0.2) is 9.97 Å². The highest BCUT2D eigenvalue weighted by Gasteiger charge is 2.18. The van der Waals surface area contributed by atoms with Gasteiger partial charge in [-0.05, 0) is 51.3 Å². The van der Waals surface area contributed by atoms with Gasteiger partial charge in [0.2, 0.25) is 11.8 Å². The number of morpholine rings is 1. The normalized spacial score (nSPS) is 16.9. The number of hydrogen-bond acceptors (Lipinski definition) is 12. The second-order valence-electron chi connectivity index (χ2n) is 12.0. The van der Waals surface area contributed by atoms with Gasteiger partial charge < -0.3 is 41.0 Å². The first-order valence-corrected chi connectivity index (χ1v) is 16.2. The summed E-state index contributed by atoms with van der Waals surface area (Å²) >= 11 is 0. The maximum Gasteiger partial charge on any atom is 0.227 e. The van der Waals surface area contributed by atoms with E-state index in [-0.39, 0.29) is 23.6 Å². The van der Waals surface area contributed by atoms with Gasteiger partial charge in [0, 0.05) is 44.6 Å². The number of aliphatic imine (C=N–C) groups is 2. The molecule has 2 aliphatic rings. The molecule has 0 unspecified atom stereocenters. The lowest BCUT2D eigenvalue weighted by Gasteiger charge is -2.23. The molecule has 6 N–H and O–H groups in total. The molecule has 1 aromatic heterocycles. The lowest BCUT2D eigenvalue weighted by Crippen LogP contribution is -2.30. The fourth-order valence-corrected chi connectivity index (χ4v) is 4.69. The minimum Gasteiger partial charge on any atom is -0.487 e. The zero-order valence-electron chi connectivity index (χ0n) is 28.2. The molecule has 4 rings (SSSR count). The van der Waals surface area contributed by atoms with Gasteiger partial charge in [0.05, 0.1) is 56.1 Å². The van der Waals surface area contributed by atoms with Crippen LogP contribution in [0.4, 0.5) is 5.95 Å². The molecule has 0 spiro atoms. The zero-order chi connectivity index (χ0) is 33.9. The average Bonchev–Trinajstić information content (AvgIpc) is 3.10. The van der Waals surface area contributed by atoms with Crippen molar-refractivity contribution in [3.8, 4) is 22.9 Å². The zero-order valence-corrected chi connectivity index (χ0v) is 28.2. The smallest absolute Gasteiger partial charge is 0.227 e. The summed E-state index contributed by atoms with van der Waals surface area (Å²) in [6.45, 7) is 10.5. The van der Waals surface area contributed by atoms with E-state index < -0.39 is 0 Å². The van der Waals surface area contributed by atoms with Crippen LogP contribution in [-0.2, 0) is 14.2 Å². The largest absolute Gasteiger partial charge is 0.487 e. The maximum absolute atomic E-state index is 9.51. The third-order valence-corrected chi connectivity index (χ3v) is 7.75. The van der Waals surface area contributed by atoms with Crippen molar-refractivity contribution in [1.82, 2.24) is 15.3 Å². The highest BCUT2D eigenvalue weighted by Crippen LogP contribution is 2.28. The number of anilines is 1. The molecule has 1 saturated carbocycles. The van der Waals surface area contributed by atoms with Crippen molar-refractivity contribution in [2.75, 3.05) is 51.9 Å². The lowest BCUT2D eigenvalue weighted by molar-refractivity contribution is -0.00162.